The van der Waals surface area contributed by atoms with Crippen molar-refractivity contribution in [2.24, 2.45) is 7.05 Å². The Morgan fingerprint density at radius 2 is 2.19 bits per heavy atom. The SMILES string of the molecule is Cc1cc(OC(F)F)ccc1NC(=O)c1c(Br)cnn1C. The van der Waals surface area contributed by atoms with E-state index in [2.05, 4.69) is 31.1 Å². The Morgan fingerprint density at radius 1 is 1.48 bits per heavy atom. The molecule has 1 aromatic carbocycles. The summed E-state index contributed by atoms with van der Waals surface area (Å²) in [7, 11) is 1.64. The molecular formula is C13H12BrF2N3O2. The van der Waals surface area contributed by atoms with Crippen molar-refractivity contribution in [3.05, 3.63) is 40.1 Å². The zero-order valence-electron chi connectivity index (χ0n) is 11.2. The molecule has 1 heterocycles. The Morgan fingerprint density at radius 3 is 2.71 bits per heavy atom. The first-order chi connectivity index (χ1) is 9.88. The van der Waals surface area contributed by atoms with Gasteiger partial charge in [-0.2, -0.15) is 13.9 Å². The van der Waals surface area contributed by atoms with Gasteiger partial charge in [0.25, 0.3) is 5.91 Å². The molecule has 5 nitrogen and oxygen atoms in total. The number of benzene rings is 1. The quantitative estimate of drug-likeness (QED) is 0.910. The van der Waals surface area contributed by atoms with Crippen molar-refractivity contribution in [3.63, 3.8) is 0 Å². The van der Waals surface area contributed by atoms with Crippen LogP contribution in [0.5, 0.6) is 5.75 Å². The van der Waals surface area contributed by atoms with E-state index in [0.717, 1.165) is 0 Å². The maximum atomic E-state index is 12.2. The van der Waals surface area contributed by atoms with Crippen molar-refractivity contribution in [1.29, 1.82) is 0 Å². The molecule has 0 aliphatic heterocycles. The van der Waals surface area contributed by atoms with Crippen LogP contribution in [0.25, 0.3) is 0 Å². The van der Waals surface area contributed by atoms with Gasteiger partial charge in [-0.15, -0.1) is 0 Å². The second-order valence-electron chi connectivity index (χ2n) is 4.27. The van der Waals surface area contributed by atoms with Gasteiger partial charge >= 0.3 is 6.61 Å². The fourth-order valence-electron chi connectivity index (χ4n) is 1.80. The number of hydrogen-bond donors (Lipinski definition) is 1. The summed E-state index contributed by atoms with van der Waals surface area (Å²) >= 11 is 3.24. The molecule has 0 bridgehead atoms. The monoisotopic (exact) mass is 359 g/mol. The number of amides is 1. The standard InChI is InChI=1S/C13H12BrF2N3O2/c1-7-5-8(21-13(15)16)3-4-10(7)18-12(20)11-9(14)6-17-19(11)2/h3-6,13H,1-2H3,(H,18,20). The van der Waals surface area contributed by atoms with E-state index >= 15 is 0 Å². The minimum atomic E-state index is -2.88. The van der Waals surface area contributed by atoms with E-state index in [-0.39, 0.29) is 11.7 Å². The van der Waals surface area contributed by atoms with E-state index in [0.29, 0.717) is 21.4 Å². The Hall–Kier alpha value is -1.96. The van der Waals surface area contributed by atoms with E-state index in [4.69, 9.17) is 0 Å². The molecule has 1 aromatic heterocycles. The van der Waals surface area contributed by atoms with Gasteiger partial charge in [-0.1, -0.05) is 0 Å². The molecule has 0 saturated heterocycles. The third-order valence-electron chi connectivity index (χ3n) is 2.78. The van der Waals surface area contributed by atoms with E-state index in [9.17, 15) is 13.6 Å². The average Bonchev–Trinajstić information content (AvgIpc) is 2.71. The molecule has 0 saturated carbocycles. The van der Waals surface area contributed by atoms with Crippen LogP contribution < -0.4 is 10.1 Å². The highest BCUT2D eigenvalue weighted by atomic mass is 79.9. The predicted octanol–water partition coefficient (Wildman–Crippen LogP) is 3.34. The lowest BCUT2D eigenvalue weighted by Crippen LogP contribution is -2.17. The van der Waals surface area contributed by atoms with Gasteiger partial charge in [-0.25, -0.2) is 0 Å². The summed E-state index contributed by atoms with van der Waals surface area (Å²) in [5, 5.41) is 6.66. The fraction of sp³-hybridized carbons (Fsp3) is 0.231. The molecule has 0 aliphatic rings. The van der Waals surface area contributed by atoms with E-state index < -0.39 is 6.61 Å². The number of hydrogen-bond acceptors (Lipinski definition) is 3. The molecule has 21 heavy (non-hydrogen) atoms. The predicted molar refractivity (Wildman–Crippen MR) is 76.7 cm³/mol. The number of anilines is 1. The van der Waals surface area contributed by atoms with Crippen molar-refractivity contribution >= 4 is 27.5 Å². The van der Waals surface area contributed by atoms with Gasteiger partial charge in [-0.05, 0) is 46.6 Å². The first-order valence-corrected chi connectivity index (χ1v) is 6.72. The number of carbonyl (C=O) groups excluding carboxylic acids is 1. The van der Waals surface area contributed by atoms with Crippen LogP contribution in [0.3, 0.4) is 0 Å². The summed E-state index contributed by atoms with van der Waals surface area (Å²) in [5.74, 6) is -0.310. The summed E-state index contributed by atoms with van der Waals surface area (Å²) in [4.78, 5) is 12.2. The smallest absolute Gasteiger partial charge is 0.387 e. The van der Waals surface area contributed by atoms with E-state index in [1.165, 1.54) is 29.1 Å². The van der Waals surface area contributed by atoms with Crippen LogP contribution in [0.1, 0.15) is 16.1 Å². The maximum Gasteiger partial charge on any atom is 0.387 e. The number of rotatable bonds is 4. The molecule has 8 heteroatoms. The molecule has 0 aliphatic carbocycles. The van der Waals surface area contributed by atoms with Gasteiger partial charge in [0, 0.05) is 12.7 Å². The zero-order chi connectivity index (χ0) is 15.6. The molecule has 0 fully saturated rings. The van der Waals surface area contributed by atoms with Crippen LogP contribution in [0.2, 0.25) is 0 Å². The summed E-state index contributed by atoms with van der Waals surface area (Å²) < 4.78 is 30.6. The molecule has 1 N–H and O–H groups in total. The van der Waals surface area contributed by atoms with Crippen LogP contribution in [0.4, 0.5) is 14.5 Å². The third-order valence-corrected chi connectivity index (χ3v) is 3.36. The average molecular weight is 360 g/mol. The van der Waals surface area contributed by atoms with Gasteiger partial charge in [0.1, 0.15) is 11.4 Å². The number of nitrogens with one attached hydrogen (secondary N) is 1. The molecule has 2 aromatic rings. The van der Waals surface area contributed by atoms with Gasteiger partial charge in [-0.3, -0.25) is 9.48 Å². The zero-order valence-corrected chi connectivity index (χ0v) is 12.8. The number of alkyl halides is 2. The second-order valence-corrected chi connectivity index (χ2v) is 5.13. The summed E-state index contributed by atoms with van der Waals surface area (Å²) in [6, 6.07) is 4.31. The number of aryl methyl sites for hydroxylation is 2. The molecule has 0 atom stereocenters. The molecular weight excluding hydrogens is 348 g/mol. The largest absolute Gasteiger partial charge is 0.435 e. The fourth-order valence-corrected chi connectivity index (χ4v) is 2.33. The lowest BCUT2D eigenvalue weighted by molar-refractivity contribution is -0.0498. The Balaban J connectivity index is 2.18. The van der Waals surface area contributed by atoms with E-state index in [1.54, 1.807) is 14.0 Å². The first kappa shape index (κ1) is 15.4. The Kier molecular flexibility index (Phi) is 4.56. The molecule has 0 spiro atoms. The highest BCUT2D eigenvalue weighted by molar-refractivity contribution is 9.10. The molecule has 0 unspecified atom stereocenters. The summed E-state index contributed by atoms with van der Waals surface area (Å²) in [5.41, 5.74) is 1.48. The highest BCUT2D eigenvalue weighted by Crippen LogP contribution is 2.24. The van der Waals surface area contributed by atoms with Crippen LogP contribution in [0.15, 0.2) is 28.9 Å². The number of halogens is 3. The van der Waals surface area contributed by atoms with Crippen LogP contribution >= 0.6 is 15.9 Å². The normalized spacial score (nSPS) is 10.8. The van der Waals surface area contributed by atoms with Crippen LogP contribution in [-0.4, -0.2) is 22.3 Å². The lowest BCUT2D eigenvalue weighted by atomic mass is 10.2. The second kappa shape index (κ2) is 6.21. The minimum absolute atomic E-state index is 0.0437. The molecule has 112 valence electrons. The van der Waals surface area contributed by atoms with Crippen molar-refractivity contribution in [1.82, 2.24) is 9.78 Å². The lowest BCUT2D eigenvalue weighted by Gasteiger charge is -2.11. The Labute approximate surface area is 128 Å². The number of nitrogens with zero attached hydrogens (tertiary/aromatic N) is 2. The third kappa shape index (κ3) is 3.57. The van der Waals surface area contributed by atoms with Crippen molar-refractivity contribution < 1.29 is 18.3 Å². The topological polar surface area (TPSA) is 56.1 Å². The maximum absolute atomic E-state index is 12.2. The van der Waals surface area contributed by atoms with Crippen LogP contribution in [0, 0.1) is 6.92 Å². The summed E-state index contributed by atoms with van der Waals surface area (Å²) in [6.45, 7) is -1.19. The Bertz CT molecular complexity index is 654. The minimum Gasteiger partial charge on any atom is -0.435 e. The van der Waals surface area contributed by atoms with Gasteiger partial charge in [0.2, 0.25) is 0 Å². The first-order valence-electron chi connectivity index (χ1n) is 5.93. The van der Waals surface area contributed by atoms with Crippen molar-refractivity contribution in [2.45, 2.75) is 13.5 Å². The molecule has 1 amide bonds. The number of aromatic nitrogens is 2. The van der Waals surface area contributed by atoms with Gasteiger partial charge < -0.3 is 10.1 Å². The molecule has 0 radical (unpaired) electrons. The summed E-state index contributed by atoms with van der Waals surface area (Å²) in [6.07, 6.45) is 1.52. The van der Waals surface area contributed by atoms with Gasteiger partial charge in [0.15, 0.2) is 0 Å². The van der Waals surface area contributed by atoms with Crippen LogP contribution in [-0.2, 0) is 7.05 Å². The van der Waals surface area contributed by atoms with Gasteiger partial charge in [0.05, 0.1) is 10.7 Å². The van der Waals surface area contributed by atoms with E-state index in [1.807, 2.05) is 0 Å². The van der Waals surface area contributed by atoms with Crippen molar-refractivity contribution in [3.8, 4) is 5.75 Å². The number of ether oxygens (including phenoxy) is 1. The van der Waals surface area contributed by atoms with Crippen molar-refractivity contribution in [2.75, 3.05) is 5.32 Å². The number of carbonyl (C=O) groups is 1. The highest BCUT2D eigenvalue weighted by Gasteiger charge is 2.16. The molecule has 2 rings (SSSR count).